The smallest absolute Gasteiger partial charge is 0.221 e. The van der Waals surface area contributed by atoms with E-state index >= 15 is 0 Å². The fraction of sp³-hybridized carbons (Fsp3) is 0.0435. The number of carbonyl (C=O) groups excluding carboxylic acids is 1. The van der Waals surface area contributed by atoms with Gasteiger partial charge in [0.1, 0.15) is 5.58 Å². The van der Waals surface area contributed by atoms with Crippen LogP contribution in [0.4, 0.5) is 0 Å². The van der Waals surface area contributed by atoms with Crippen LogP contribution in [-0.4, -0.2) is 5.78 Å². The highest BCUT2D eigenvalue weighted by Gasteiger charge is 2.09. The highest BCUT2D eigenvalue weighted by molar-refractivity contribution is 9.10. The largest absolute Gasteiger partial charge is 0.453 e. The number of furan rings is 1. The van der Waals surface area contributed by atoms with Crippen LogP contribution in [0.25, 0.3) is 17.0 Å². The van der Waals surface area contributed by atoms with E-state index < -0.39 is 0 Å². The molecule has 4 heteroatoms. The summed E-state index contributed by atoms with van der Waals surface area (Å²) in [6.45, 7) is 0.781. The number of rotatable bonds is 5. The van der Waals surface area contributed by atoms with Crippen molar-refractivity contribution in [3.05, 3.63) is 107 Å². The van der Waals surface area contributed by atoms with Gasteiger partial charge in [-0.25, -0.2) is 4.57 Å². The predicted molar refractivity (Wildman–Crippen MR) is 109 cm³/mol. The van der Waals surface area contributed by atoms with E-state index in [1.807, 2.05) is 67.0 Å². The zero-order valence-corrected chi connectivity index (χ0v) is 16.1. The Bertz CT molecular complexity index is 1090. The molecular weight excluding hydrogens is 402 g/mol. The number of pyridine rings is 1. The number of carbonyl (C=O) groups is 1. The van der Waals surface area contributed by atoms with Gasteiger partial charge in [-0.1, -0.05) is 58.4 Å². The number of ketones is 1. The topological polar surface area (TPSA) is 34.1 Å². The van der Waals surface area contributed by atoms with E-state index in [0.717, 1.165) is 27.6 Å². The summed E-state index contributed by atoms with van der Waals surface area (Å²) in [4.78, 5) is 12.3. The first kappa shape index (κ1) is 17.4. The van der Waals surface area contributed by atoms with Gasteiger partial charge < -0.3 is 4.42 Å². The fourth-order valence-electron chi connectivity index (χ4n) is 2.87. The Kier molecular flexibility index (Phi) is 4.99. The van der Waals surface area contributed by atoms with Crippen molar-refractivity contribution in [3.8, 4) is 0 Å². The number of allylic oxidation sites excluding steroid dienone is 1. The summed E-state index contributed by atoms with van der Waals surface area (Å²) in [5, 5.41) is 0.932. The first-order valence-corrected chi connectivity index (χ1v) is 9.42. The van der Waals surface area contributed by atoms with Crippen LogP contribution < -0.4 is 4.57 Å². The summed E-state index contributed by atoms with van der Waals surface area (Å²) in [6, 6.07) is 21.5. The Morgan fingerprint density at radius 2 is 1.74 bits per heavy atom. The van der Waals surface area contributed by atoms with Crippen molar-refractivity contribution >= 4 is 38.8 Å². The maximum Gasteiger partial charge on any atom is 0.221 e. The van der Waals surface area contributed by atoms with E-state index in [1.54, 1.807) is 18.2 Å². The van der Waals surface area contributed by atoms with E-state index in [-0.39, 0.29) is 5.78 Å². The molecule has 0 aliphatic carbocycles. The van der Waals surface area contributed by atoms with E-state index in [0.29, 0.717) is 5.76 Å². The van der Waals surface area contributed by atoms with Crippen LogP contribution in [-0.2, 0) is 6.54 Å². The zero-order valence-electron chi connectivity index (χ0n) is 14.5. The van der Waals surface area contributed by atoms with E-state index in [4.69, 9.17) is 4.42 Å². The van der Waals surface area contributed by atoms with Gasteiger partial charge in [0.25, 0.3) is 0 Å². The standard InChI is InChI=1S/C23H17BrNO2/c24-20-7-3-1-6-19(20)16-25-13-11-17(12-14-25)9-10-21(26)23-15-18-5-2-4-8-22(18)27-23/h1-15H,16H2/q+1/b10-9+. The van der Waals surface area contributed by atoms with Gasteiger partial charge >= 0.3 is 0 Å². The molecule has 0 spiro atoms. The molecule has 0 saturated heterocycles. The second-order valence-corrected chi connectivity index (χ2v) is 7.10. The van der Waals surface area contributed by atoms with Gasteiger partial charge in [0.05, 0.1) is 0 Å². The SMILES string of the molecule is O=C(/C=C/c1cc[n+](Cc2ccccc2Br)cc1)c1cc2ccccc2o1. The minimum absolute atomic E-state index is 0.142. The van der Waals surface area contributed by atoms with Gasteiger partial charge in [0, 0.05) is 27.6 Å². The molecule has 0 atom stereocenters. The number of aromatic nitrogens is 1. The Labute approximate surface area is 165 Å². The van der Waals surface area contributed by atoms with Crippen LogP contribution in [0.2, 0.25) is 0 Å². The molecule has 0 bridgehead atoms. The van der Waals surface area contributed by atoms with Crippen LogP contribution in [0, 0.1) is 0 Å². The van der Waals surface area contributed by atoms with Crippen molar-refractivity contribution in [2.75, 3.05) is 0 Å². The third-order valence-electron chi connectivity index (χ3n) is 4.32. The monoisotopic (exact) mass is 418 g/mol. The molecule has 2 heterocycles. The number of hydrogen-bond donors (Lipinski definition) is 0. The predicted octanol–water partition coefficient (Wildman–Crippen LogP) is 5.43. The van der Waals surface area contributed by atoms with Crippen molar-refractivity contribution in [1.82, 2.24) is 0 Å². The molecular formula is C23H17BrNO2+. The summed E-state index contributed by atoms with van der Waals surface area (Å²) in [7, 11) is 0. The molecule has 0 aliphatic heterocycles. The molecule has 4 rings (SSSR count). The van der Waals surface area contributed by atoms with Gasteiger partial charge in [-0.3, -0.25) is 4.79 Å². The number of halogens is 1. The number of fused-ring (bicyclic) bond motifs is 1. The summed E-state index contributed by atoms with van der Waals surface area (Å²) in [5.74, 6) is 0.212. The van der Waals surface area contributed by atoms with Crippen LogP contribution in [0.3, 0.4) is 0 Å². The average Bonchev–Trinajstić information content (AvgIpc) is 3.13. The lowest BCUT2D eigenvalue weighted by atomic mass is 10.2. The molecule has 0 saturated carbocycles. The Morgan fingerprint density at radius 1 is 1.00 bits per heavy atom. The van der Waals surface area contributed by atoms with Crippen molar-refractivity contribution < 1.29 is 13.8 Å². The maximum atomic E-state index is 12.3. The molecule has 0 unspecified atom stereocenters. The highest BCUT2D eigenvalue weighted by atomic mass is 79.9. The Hall–Kier alpha value is -2.98. The lowest BCUT2D eigenvalue weighted by Gasteiger charge is -2.01. The second-order valence-electron chi connectivity index (χ2n) is 6.24. The molecule has 0 amide bonds. The zero-order chi connectivity index (χ0) is 18.6. The Morgan fingerprint density at radius 3 is 2.52 bits per heavy atom. The summed E-state index contributed by atoms with van der Waals surface area (Å²) in [5.41, 5.74) is 2.90. The highest BCUT2D eigenvalue weighted by Crippen LogP contribution is 2.19. The minimum Gasteiger partial charge on any atom is -0.453 e. The second kappa shape index (κ2) is 7.72. The summed E-state index contributed by atoms with van der Waals surface area (Å²) >= 11 is 3.57. The molecule has 2 aromatic heterocycles. The molecule has 0 aliphatic rings. The van der Waals surface area contributed by atoms with Crippen LogP contribution in [0.1, 0.15) is 21.7 Å². The lowest BCUT2D eigenvalue weighted by Crippen LogP contribution is -2.33. The first-order chi connectivity index (χ1) is 13.2. The number of benzene rings is 2. The average molecular weight is 419 g/mol. The van der Waals surface area contributed by atoms with Crippen LogP contribution in [0.15, 0.2) is 94.1 Å². The van der Waals surface area contributed by atoms with Gasteiger partial charge in [-0.2, -0.15) is 0 Å². The summed E-state index contributed by atoms with van der Waals surface area (Å²) < 4.78 is 8.80. The number of para-hydroxylation sites is 1. The van der Waals surface area contributed by atoms with Gasteiger partial charge in [0.2, 0.25) is 5.78 Å². The molecule has 2 aromatic carbocycles. The molecule has 27 heavy (non-hydrogen) atoms. The van der Waals surface area contributed by atoms with Crippen LogP contribution >= 0.6 is 15.9 Å². The molecule has 3 nitrogen and oxygen atoms in total. The molecule has 132 valence electrons. The first-order valence-electron chi connectivity index (χ1n) is 8.62. The van der Waals surface area contributed by atoms with Gasteiger partial charge in [0.15, 0.2) is 24.7 Å². The van der Waals surface area contributed by atoms with E-state index in [9.17, 15) is 4.79 Å². The van der Waals surface area contributed by atoms with Crippen molar-refractivity contribution in [2.24, 2.45) is 0 Å². The van der Waals surface area contributed by atoms with E-state index in [1.165, 1.54) is 5.56 Å². The molecule has 0 fully saturated rings. The molecule has 4 aromatic rings. The number of hydrogen-bond acceptors (Lipinski definition) is 2. The molecule has 0 N–H and O–H groups in total. The normalized spacial score (nSPS) is 11.3. The van der Waals surface area contributed by atoms with Gasteiger partial charge in [-0.05, 0) is 29.8 Å². The fourth-order valence-corrected chi connectivity index (χ4v) is 3.28. The Balaban J connectivity index is 1.46. The maximum absolute atomic E-state index is 12.3. The van der Waals surface area contributed by atoms with Crippen molar-refractivity contribution in [2.45, 2.75) is 6.54 Å². The van der Waals surface area contributed by atoms with E-state index in [2.05, 4.69) is 26.6 Å². The number of nitrogens with zero attached hydrogens (tertiary/aromatic N) is 1. The minimum atomic E-state index is -0.142. The third kappa shape index (κ3) is 4.07. The van der Waals surface area contributed by atoms with Crippen molar-refractivity contribution in [1.29, 1.82) is 0 Å². The van der Waals surface area contributed by atoms with Crippen LogP contribution in [0.5, 0.6) is 0 Å². The van der Waals surface area contributed by atoms with Crippen molar-refractivity contribution in [3.63, 3.8) is 0 Å². The molecule has 0 radical (unpaired) electrons. The lowest BCUT2D eigenvalue weighted by molar-refractivity contribution is -0.688. The van der Waals surface area contributed by atoms with Gasteiger partial charge in [-0.15, -0.1) is 0 Å². The summed E-state index contributed by atoms with van der Waals surface area (Å²) in [6.07, 6.45) is 7.36. The quantitative estimate of drug-likeness (QED) is 0.246. The third-order valence-corrected chi connectivity index (χ3v) is 5.10.